The summed E-state index contributed by atoms with van der Waals surface area (Å²) in [6.07, 6.45) is 2.09. The highest BCUT2D eigenvalue weighted by molar-refractivity contribution is 6.09. The van der Waals surface area contributed by atoms with Crippen LogP contribution < -0.4 is 14.2 Å². The van der Waals surface area contributed by atoms with Gasteiger partial charge in [-0.2, -0.15) is 0 Å². The minimum absolute atomic E-state index is 0.0743. The second kappa shape index (κ2) is 6.53. The van der Waals surface area contributed by atoms with Crippen molar-refractivity contribution in [3.63, 3.8) is 0 Å². The van der Waals surface area contributed by atoms with Crippen LogP contribution in [0.4, 0.5) is 0 Å². The van der Waals surface area contributed by atoms with E-state index in [-0.39, 0.29) is 41.1 Å². The third kappa shape index (κ3) is 2.54. The van der Waals surface area contributed by atoms with Crippen LogP contribution in [0.15, 0.2) is 48.1 Å². The fourth-order valence-electron chi connectivity index (χ4n) is 4.64. The molecule has 2 aromatic carbocycles. The molecule has 5 rings (SSSR count). The van der Waals surface area contributed by atoms with Gasteiger partial charge in [0.15, 0.2) is 0 Å². The van der Waals surface area contributed by atoms with Crippen molar-refractivity contribution in [1.29, 1.82) is 0 Å². The minimum atomic E-state index is -2.43. The Morgan fingerprint density at radius 1 is 1.19 bits per heavy atom. The summed E-state index contributed by atoms with van der Waals surface area (Å²) in [5.74, 6) is -2.95. The number of carbonyl (C=O) groups excluding carboxylic acids is 1. The van der Waals surface area contributed by atoms with Crippen LogP contribution in [-0.2, 0) is 12.0 Å². The molecule has 3 heterocycles. The van der Waals surface area contributed by atoms with Gasteiger partial charge in [-0.05, 0) is 38.5 Å². The highest BCUT2D eigenvalue weighted by Crippen LogP contribution is 2.59. The molecule has 7 heteroatoms. The van der Waals surface area contributed by atoms with Crippen molar-refractivity contribution in [3.05, 3.63) is 64.8 Å². The number of aromatic hydroxyl groups is 2. The zero-order valence-electron chi connectivity index (χ0n) is 18.1. The van der Waals surface area contributed by atoms with Gasteiger partial charge >= 0.3 is 5.79 Å². The first-order chi connectivity index (χ1) is 15.1. The van der Waals surface area contributed by atoms with Crippen molar-refractivity contribution >= 4 is 5.78 Å². The summed E-state index contributed by atoms with van der Waals surface area (Å²) in [6.45, 7) is 9.59. The number of aliphatic hydroxyl groups is 1. The van der Waals surface area contributed by atoms with Gasteiger partial charge in [0.1, 0.15) is 40.4 Å². The fraction of sp³-hybridized carbons (Fsp3) is 0.320. The summed E-state index contributed by atoms with van der Waals surface area (Å²) in [5, 5.41) is 32.3. The first kappa shape index (κ1) is 20.5. The van der Waals surface area contributed by atoms with Crippen LogP contribution in [0.25, 0.3) is 0 Å². The molecule has 3 aliphatic heterocycles. The number of benzene rings is 2. The summed E-state index contributed by atoms with van der Waals surface area (Å²) in [4.78, 5) is 13.7. The molecular weight excluding hydrogens is 412 g/mol. The highest BCUT2D eigenvalue weighted by atomic mass is 16.7. The average Bonchev–Trinajstić information content (AvgIpc) is 3.24. The molecule has 0 bridgehead atoms. The van der Waals surface area contributed by atoms with Crippen molar-refractivity contribution in [2.45, 2.75) is 51.1 Å². The van der Waals surface area contributed by atoms with E-state index in [0.29, 0.717) is 23.3 Å². The lowest BCUT2D eigenvalue weighted by atomic mass is 9.77. The Kier molecular flexibility index (Phi) is 4.17. The molecule has 32 heavy (non-hydrogen) atoms. The number of allylic oxidation sites excluding steroid dienone is 1. The van der Waals surface area contributed by atoms with E-state index >= 15 is 0 Å². The number of ketones is 1. The molecule has 0 radical (unpaired) electrons. The smallest absolute Gasteiger partial charge is 0.318 e. The van der Waals surface area contributed by atoms with E-state index in [4.69, 9.17) is 14.2 Å². The van der Waals surface area contributed by atoms with Gasteiger partial charge in [0, 0.05) is 36.1 Å². The second-order valence-electron chi connectivity index (χ2n) is 8.90. The summed E-state index contributed by atoms with van der Waals surface area (Å²) < 4.78 is 18.2. The normalized spacial score (nSPS) is 26.6. The Bertz CT molecular complexity index is 1220. The van der Waals surface area contributed by atoms with Crippen LogP contribution in [0.5, 0.6) is 28.7 Å². The number of fused-ring (bicyclic) bond motifs is 6. The van der Waals surface area contributed by atoms with Gasteiger partial charge in [0.05, 0.1) is 0 Å². The first-order valence-electron chi connectivity index (χ1n) is 10.4. The highest BCUT2D eigenvalue weighted by Gasteiger charge is 2.70. The summed E-state index contributed by atoms with van der Waals surface area (Å²) in [5.41, 5.74) is 1.06. The third-order valence-electron chi connectivity index (χ3n) is 6.35. The number of rotatable bonds is 3. The number of hydrogen-bond acceptors (Lipinski definition) is 7. The van der Waals surface area contributed by atoms with Crippen LogP contribution in [0, 0.1) is 0 Å². The van der Waals surface area contributed by atoms with E-state index < -0.39 is 17.2 Å². The summed E-state index contributed by atoms with van der Waals surface area (Å²) in [7, 11) is 0. The molecular formula is C25H24O7. The van der Waals surface area contributed by atoms with E-state index in [2.05, 4.69) is 6.58 Å². The van der Waals surface area contributed by atoms with Gasteiger partial charge in [0.2, 0.25) is 11.4 Å². The molecule has 0 spiro atoms. The standard InChI is InChI=1S/C25H24O7/c1-12(2)7-8-24-16-6-5-14(26)9-20(16)31-25(24,29)23(28)21-17(27)11-19-15(22(21)32-24)10-18(30-19)13(3)4/h5-7,9,11,18,26-27,29H,3,8,10H2,1-2,4H3/t18-,24+,25+/m0/s1. The maximum Gasteiger partial charge on any atom is 0.318 e. The third-order valence-corrected chi connectivity index (χ3v) is 6.35. The molecule has 7 nitrogen and oxygen atoms in total. The molecule has 0 saturated heterocycles. The van der Waals surface area contributed by atoms with E-state index in [9.17, 15) is 20.1 Å². The van der Waals surface area contributed by atoms with Gasteiger partial charge < -0.3 is 29.5 Å². The lowest BCUT2D eigenvalue weighted by Crippen LogP contribution is -2.62. The number of phenols is 2. The lowest BCUT2D eigenvalue weighted by molar-refractivity contribution is -0.201. The number of phenolic OH excluding ortho intramolecular Hbond substituents is 2. The van der Waals surface area contributed by atoms with E-state index in [1.54, 1.807) is 6.07 Å². The second-order valence-corrected chi connectivity index (χ2v) is 8.90. The number of Topliss-reactive ketones (excluding diaryl/α,β-unsaturated/α-hetero) is 1. The molecule has 0 aromatic heterocycles. The van der Waals surface area contributed by atoms with Gasteiger partial charge in [-0.25, -0.2) is 0 Å². The molecule has 0 amide bonds. The van der Waals surface area contributed by atoms with Crippen LogP contribution in [0.1, 0.15) is 48.7 Å². The maximum atomic E-state index is 13.7. The Labute approximate surface area is 185 Å². The summed E-state index contributed by atoms with van der Waals surface area (Å²) >= 11 is 0. The number of hydrogen-bond donors (Lipinski definition) is 3. The molecule has 166 valence electrons. The first-order valence-corrected chi connectivity index (χ1v) is 10.4. The zero-order chi connectivity index (χ0) is 23.0. The van der Waals surface area contributed by atoms with Gasteiger partial charge in [-0.3, -0.25) is 4.79 Å². The molecule has 0 unspecified atom stereocenters. The van der Waals surface area contributed by atoms with Crippen molar-refractivity contribution in [1.82, 2.24) is 0 Å². The van der Waals surface area contributed by atoms with Crippen molar-refractivity contribution in [3.8, 4) is 28.7 Å². The zero-order valence-corrected chi connectivity index (χ0v) is 18.1. The molecule has 3 N–H and O–H groups in total. The Balaban J connectivity index is 1.77. The van der Waals surface area contributed by atoms with E-state index in [1.807, 2.05) is 26.8 Å². The predicted octanol–water partition coefficient (Wildman–Crippen LogP) is 3.89. The van der Waals surface area contributed by atoms with Crippen molar-refractivity contribution in [2.75, 3.05) is 0 Å². The maximum absolute atomic E-state index is 13.7. The predicted molar refractivity (Wildman–Crippen MR) is 115 cm³/mol. The fourth-order valence-corrected chi connectivity index (χ4v) is 4.64. The topological polar surface area (TPSA) is 105 Å². The van der Waals surface area contributed by atoms with Gasteiger partial charge in [-0.1, -0.05) is 18.2 Å². The van der Waals surface area contributed by atoms with Gasteiger partial charge in [0.25, 0.3) is 0 Å². The molecule has 3 atom stereocenters. The molecule has 0 fully saturated rings. The van der Waals surface area contributed by atoms with Crippen LogP contribution in [0.2, 0.25) is 0 Å². The number of carbonyl (C=O) groups is 1. The Morgan fingerprint density at radius 2 is 1.94 bits per heavy atom. The summed E-state index contributed by atoms with van der Waals surface area (Å²) in [6, 6.07) is 5.73. The van der Waals surface area contributed by atoms with E-state index in [1.165, 1.54) is 18.2 Å². The van der Waals surface area contributed by atoms with Crippen molar-refractivity contribution in [2.24, 2.45) is 0 Å². The molecule has 3 aliphatic rings. The Hall–Kier alpha value is -3.45. The number of ether oxygens (including phenoxy) is 3. The van der Waals surface area contributed by atoms with Crippen LogP contribution >= 0.6 is 0 Å². The lowest BCUT2D eigenvalue weighted by Gasteiger charge is -2.43. The average molecular weight is 436 g/mol. The van der Waals surface area contributed by atoms with Gasteiger partial charge in [-0.15, -0.1) is 0 Å². The van der Waals surface area contributed by atoms with Crippen LogP contribution in [0.3, 0.4) is 0 Å². The minimum Gasteiger partial charge on any atom is -0.508 e. The largest absolute Gasteiger partial charge is 0.508 e. The molecule has 0 saturated carbocycles. The SMILES string of the molecule is C=C(C)[C@@H]1Cc2c(cc(O)c3c2O[C@]2(CC=C(C)C)c4ccc(O)cc4O[C@]2(O)C3=O)O1. The quantitative estimate of drug-likeness (QED) is 0.627. The molecule has 0 aliphatic carbocycles. The van der Waals surface area contributed by atoms with Crippen molar-refractivity contribution < 1.29 is 34.3 Å². The van der Waals surface area contributed by atoms with E-state index in [0.717, 1.165) is 11.1 Å². The van der Waals surface area contributed by atoms with Crippen LogP contribution in [-0.4, -0.2) is 33.0 Å². The Morgan fingerprint density at radius 3 is 2.62 bits per heavy atom. The monoisotopic (exact) mass is 436 g/mol. The molecule has 2 aromatic rings.